The fraction of sp³-hybridized carbons (Fsp3) is 0.208. The number of fused-ring (bicyclic) bond motifs is 1. The summed E-state index contributed by atoms with van der Waals surface area (Å²) in [5, 5.41) is 10.5. The van der Waals surface area contributed by atoms with Crippen molar-refractivity contribution in [1.82, 2.24) is 20.1 Å². The Morgan fingerprint density at radius 2 is 1.97 bits per heavy atom. The van der Waals surface area contributed by atoms with Crippen LogP contribution in [0.2, 0.25) is 0 Å². The van der Waals surface area contributed by atoms with Crippen molar-refractivity contribution in [2.75, 3.05) is 0 Å². The second-order valence-corrected chi connectivity index (χ2v) is 7.87. The fourth-order valence-electron chi connectivity index (χ4n) is 3.57. The summed E-state index contributed by atoms with van der Waals surface area (Å²) in [4.78, 5) is 7.69. The number of halogens is 1. The van der Waals surface area contributed by atoms with Gasteiger partial charge < -0.3 is 14.2 Å². The number of hydrogen-bond acceptors (Lipinski definition) is 6. The Hall–Kier alpha value is -3.94. The van der Waals surface area contributed by atoms with Crippen LogP contribution >= 0.6 is 0 Å². The molecule has 0 unspecified atom stereocenters. The monoisotopic (exact) mass is 431 g/mol. The van der Waals surface area contributed by atoms with Gasteiger partial charge in [0.05, 0.1) is 36.7 Å². The smallest absolute Gasteiger partial charge is 0.158 e. The molecule has 0 saturated carbocycles. The van der Waals surface area contributed by atoms with Crippen LogP contribution in [0.25, 0.3) is 22.6 Å². The summed E-state index contributed by atoms with van der Waals surface area (Å²) in [6.45, 7) is 4.94. The minimum Gasteiger partial charge on any atom is -0.491 e. The highest BCUT2D eigenvalue weighted by Gasteiger charge is 2.20. The molecule has 8 heteroatoms. The van der Waals surface area contributed by atoms with Gasteiger partial charge in [-0.15, -0.1) is 0 Å². The van der Waals surface area contributed by atoms with Crippen LogP contribution in [0.4, 0.5) is 4.39 Å². The third-order valence-electron chi connectivity index (χ3n) is 5.04. The molecule has 7 nitrogen and oxygen atoms in total. The molecular weight excluding hydrogens is 409 g/mol. The van der Waals surface area contributed by atoms with E-state index in [4.69, 9.17) is 9.26 Å². The van der Waals surface area contributed by atoms with Crippen molar-refractivity contribution in [3.63, 3.8) is 0 Å². The van der Waals surface area contributed by atoms with Crippen molar-refractivity contribution in [2.45, 2.75) is 33.0 Å². The molecule has 32 heavy (non-hydrogen) atoms. The van der Waals surface area contributed by atoms with E-state index in [0.29, 0.717) is 35.9 Å². The molecule has 0 radical (unpaired) electrons. The number of H-pyrrole nitrogens is 1. The van der Waals surface area contributed by atoms with Crippen LogP contribution in [0.5, 0.6) is 5.75 Å². The summed E-state index contributed by atoms with van der Waals surface area (Å²) in [5.74, 6) is 1.69. The van der Waals surface area contributed by atoms with Crippen molar-refractivity contribution < 1.29 is 13.7 Å². The van der Waals surface area contributed by atoms with E-state index >= 15 is 0 Å². The molecular formula is C24H22FN5O2. The Bertz CT molecular complexity index is 1260. The molecule has 1 N–H and O–H groups in total. The molecule has 0 fully saturated rings. The summed E-state index contributed by atoms with van der Waals surface area (Å²) >= 11 is 0. The first-order chi connectivity index (χ1) is 15.5. The zero-order chi connectivity index (χ0) is 22.1. The molecule has 1 aliphatic heterocycles. The zero-order valence-electron chi connectivity index (χ0n) is 17.7. The zero-order valence-corrected chi connectivity index (χ0v) is 17.7. The van der Waals surface area contributed by atoms with Crippen LogP contribution < -0.4 is 4.74 Å². The lowest BCUT2D eigenvalue weighted by molar-refractivity contribution is 0.229. The lowest BCUT2D eigenvalue weighted by Crippen LogP contribution is -2.21. The number of aromatic amines is 1. The summed E-state index contributed by atoms with van der Waals surface area (Å²) in [6, 6.07) is 16.2. The average Bonchev–Trinajstić information content (AvgIpc) is 3.41. The Balaban J connectivity index is 1.27. The number of ether oxygens (including phenoxy) is 1. The molecule has 0 bridgehead atoms. The first kappa shape index (κ1) is 20.0. The van der Waals surface area contributed by atoms with Crippen molar-refractivity contribution in [3.8, 4) is 28.4 Å². The molecule has 2 aromatic carbocycles. The lowest BCUT2D eigenvalue weighted by atomic mass is 10.1. The van der Waals surface area contributed by atoms with E-state index in [1.807, 2.05) is 49.2 Å². The normalized spacial score (nSPS) is 12.9. The van der Waals surface area contributed by atoms with E-state index in [1.165, 1.54) is 6.07 Å². The number of benzene rings is 2. The first-order valence-electron chi connectivity index (χ1n) is 10.4. The van der Waals surface area contributed by atoms with Crippen LogP contribution in [0.15, 0.2) is 64.2 Å². The quantitative estimate of drug-likeness (QED) is 0.464. The van der Waals surface area contributed by atoms with Crippen molar-refractivity contribution in [1.29, 1.82) is 0 Å². The van der Waals surface area contributed by atoms with Crippen LogP contribution in [0, 0.1) is 5.82 Å². The molecule has 0 spiro atoms. The lowest BCUT2D eigenvalue weighted by Gasteiger charge is -2.19. The molecule has 0 amide bonds. The van der Waals surface area contributed by atoms with Crippen LogP contribution in [0.3, 0.4) is 0 Å². The van der Waals surface area contributed by atoms with E-state index in [9.17, 15) is 4.39 Å². The minimum absolute atomic E-state index is 0.128. The fourth-order valence-corrected chi connectivity index (χ4v) is 3.57. The van der Waals surface area contributed by atoms with Crippen LogP contribution in [0.1, 0.15) is 31.0 Å². The number of imidazole rings is 1. The summed E-state index contributed by atoms with van der Waals surface area (Å²) in [5.41, 5.74) is 3.72. The molecule has 3 heterocycles. The molecule has 0 aliphatic carbocycles. The number of aromatic nitrogens is 3. The van der Waals surface area contributed by atoms with E-state index in [-0.39, 0.29) is 11.9 Å². The average molecular weight is 431 g/mol. The SMILES string of the molecule is CC(C)Oc1ccc(-c2cc(CN3Cc4[nH]c(-c5ccccc5F)nc4C=N3)on2)cc1. The first-order valence-corrected chi connectivity index (χ1v) is 10.4. The van der Waals surface area contributed by atoms with Gasteiger partial charge in [0, 0.05) is 11.6 Å². The van der Waals surface area contributed by atoms with Gasteiger partial charge in [-0.2, -0.15) is 5.10 Å². The molecule has 4 aromatic rings. The van der Waals surface area contributed by atoms with Gasteiger partial charge in [0.2, 0.25) is 0 Å². The molecule has 0 atom stereocenters. The van der Waals surface area contributed by atoms with E-state index < -0.39 is 0 Å². The maximum Gasteiger partial charge on any atom is 0.158 e. The van der Waals surface area contributed by atoms with Gasteiger partial charge in [-0.25, -0.2) is 9.37 Å². The van der Waals surface area contributed by atoms with Gasteiger partial charge in [-0.3, -0.25) is 5.01 Å². The highest BCUT2D eigenvalue weighted by Crippen LogP contribution is 2.26. The second kappa shape index (κ2) is 8.30. The number of rotatable bonds is 6. The summed E-state index contributed by atoms with van der Waals surface area (Å²) in [6.07, 6.45) is 1.80. The maximum atomic E-state index is 14.1. The van der Waals surface area contributed by atoms with Crippen molar-refractivity contribution >= 4 is 6.21 Å². The van der Waals surface area contributed by atoms with Crippen LogP contribution in [-0.4, -0.2) is 32.5 Å². The molecule has 5 rings (SSSR count). The summed E-state index contributed by atoms with van der Waals surface area (Å²) in [7, 11) is 0. The molecule has 1 aliphatic rings. The Morgan fingerprint density at radius 3 is 2.75 bits per heavy atom. The Kier molecular flexibility index (Phi) is 5.18. The Morgan fingerprint density at radius 1 is 1.16 bits per heavy atom. The van der Waals surface area contributed by atoms with Crippen molar-refractivity contribution in [3.05, 3.63) is 77.6 Å². The molecule has 0 saturated heterocycles. The third-order valence-corrected chi connectivity index (χ3v) is 5.04. The summed E-state index contributed by atoms with van der Waals surface area (Å²) < 4.78 is 25.3. The minimum atomic E-state index is -0.314. The predicted molar refractivity (Wildman–Crippen MR) is 119 cm³/mol. The molecule has 162 valence electrons. The highest BCUT2D eigenvalue weighted by molar-refractivity contribution is 5.80. The van der Waals surface area contributed by atoms with Gasteiger partial charge in [-0.1, -0.05) is 17.3 Å². The number of hydrogen-bond donors (Lipinski definition) is 1. The largest absolute Gasteiger partial charge is 0.491 e. The Labute approximate surface area is 184 Å². The van der Waals surface area contributed by atoms with E-state index in [2.05, 4.69) is 20.2 Å². The standard InChI is InChI=1S/C24H22FN5O2/c1-15(2)31-17-9-7-16(8-10-17)21-11-18(32-29-21)13-30-14-23-22(12-26-30)27-24(28-23)19-5-3-4-6-20(19)25/h3-12,15H,13-14H2,1-2H3,(H,27,28). The topological polar surface area (TPSA) is 79.5 Å². The van der Waals surface area contributed by atoms with Gasteiger partial charge in [0.15, 0.2) is 5.76 Å². The maximum absolute atomic E-state index is 14.1. The van der Waals surface area contributed by atoms with Gasteiger partial charge in [0.1, 0.15) is 28.8 Å². The third kappa shape index (κ3) is 4.12. The highest BCUT2D eigenvalue weighted by atomic mass is 19.1. The number of hydrazone groups is 1. The number of nitrogens with zero attached hydrogens (tertiary/aromatic N) is 4. The van der Waals surface area contributed by atoms with Crippen molar-refractivity contribution in [2.24, 2.45) is 5.10 Å². The van der Waals surface area contributed by atoms with Crippen LogP contribution in [-0.2, 0) is 13.1 Å². The molecule has 2 aromatic heterocycles. The predicted octanol–water partition coefficient (Wildman–Crippen LogP) is 5.01. The number of nitrogens with one attached hydrogen (secondary N) is 1. The van der Waals surface area contributed by atoms with Gasteiger partial charge in [0.25, 0.3) is 0 Å². The van der Waals surface area contributed by atoms with E-state index in [0.717, 1.165) is 22.7 Å². The second-order valence-electron chi connectivity index (χ2n) is 7.87. The van der Waals surface area contributed by atoms with E-state index in [1.54, 1.807) is 24.4 Å². The van der Waals surface area contributed by atoms with Gasteiger partial charge in [-0.05, 0) is 50.2 Å². The van der Waals surface area contributed by atoms with Gasteiger partial charge >= 0.3 is 0 Å².